The number of amides is 3. The molecule has 0 saturated heterocycles. The number of carbonyl (C=O) groups excluding carboxylic acids is 3. The van der Waals surface area contributed by atoms with E-state index in [-0.39, 0.29) is 36.7 Å². The highest BCUT2D eigenvalue weighted by atomic mass is 16.2. The molecule has 0 radical (unpaired) electrons. The summed E-state index contributed by atoms with van der Waals surface area (Å²) >= 11 is 0. The minimum absolute atomic E-state index is 0.00732. The van der Waals surface area contributed by atoms with Crippen LogP contribution in [0.4, 0.5) is 5.69 Å². The fourth-order valence-corrected chi connectivity index (χ4v) is 2.30. The van der Waals surface area contributed by atoms with Crippen LogP contribution < -0.4 is 21.7 Å². The van der Waals surface area contributed by atoms with Gasteiger partial charge in [-0.05, 0) is 35.7 Å². The fourth-order valence-electron chi connectivity index (χ4n) is 2.30. The van der Waals surface area contributed by atoms with Gasteiger partial charge in [-0.25, -0.2) is 0 Å². The molecule has 0 aliphatic heterocycles. The predicted molar refractivity (Wildman–Crippen MR) is 106 cm³/mol. The predicted octanol–water partition coefficient (Wildman–Crippen LogP) is 1.05. The van der Waals surface area contributed by atoms with Crippen LogP contribution in [0, 0.1) is 5.92 Å². The Morgan fingerprint density at radius 3 is 2.54 bits per heavy atom. The molecule has 1 aromatic carbocycles. The molecule has 2 rings (SSSR count). The molecule has 0 saturated carbocycles. The Morgan fingerprint density at radius 1 is 1.07 bits per heavy atom. The van der Waals surface area contributed by atoms with Crippen LogP contribution in [-0.4, -0.2) is 35.3 Å². The summed E-state index contributed by atoms with van der Waals surface area (Å²) in [6, 6.07) is 11.6. The number of anilines is 1. The maximum atomic E-state index is 12.1. The molecule has 0 bridgehead atoms. The van der Waals surface area contributed by atoms with Gasteiger partial charge in [-0.15, -0.1) is 0 Å². The number of pyridine rings is 1. The molecule has 1 aromatic heterocycles. The number of hydrogen-bond donors (Lipinski definition) is 4. The molecule has 3 amide bonds. The first-order valence-corrected chi connectivity index (χ1v) is 8.98. The Bertz CT molecular complexity index is 824. The van der Waals surface area contributed by atoms with Gasteiger partial charge in [-0.1, -0.05) is 32.0 Å². The van der Waals surface area contributed by atoms with E-state index >= 15 is 0 Å². The van der Waals surface area contributed by atoms with Crippen molar-refractivity contribution >= 4 is 23.4 Å². The average molecular weight is 383 g/mol. The van der Waals surface area contributed by atoms with Crippen molar-refractivity contribution in [3.63, 3.8) is 0 Å². The van der Waals surface area contributed by atoms with E-state index in [1.165, 1.54) is 0 Å². The lowest BCUT2D eigenvalue weighted by atomic mass is 10.1. The van der Waals surface area contributed by atoms with Crippen molar-refractivity contribution in [1.82, 2.24) is 15.6 Å². The number of nitrogens with two attached hydrogens (primary N) is 1. The molecule has 8 nitrogen and oxygen atoms in total. The van der Waals surface area contributed by atoms with E-state index in [9.17, 15) is 14.4 Å². The third-order valence-corrected chi connectivity index (χ3v) is 4.02. The highest BCUT2D eigenvalue weighted by molar-refractivity contribution is 6.02. The Morgan fingerprint density at radius 2 is 1.86 bits per heavy atom. The molecule has 148 valence electrons. The van der Waals surface area contributed by atoms with Crippen molar-refractivity contribution in [2.45, 2.75) is 26.4 Å². The second-order valence-corrected chi connectivity index (χ2v) is 6.63. The van der Waals surface area contributed by atoms with Gasteiger partial charge in [0, 0.05) is 18.4 Å². The zero-order valence-corrected chi connectivity index (χ0v) is 15.9. The number of nitrogens with one attached hydrogen (secondary N) is 3. The van der Waals surface area contributed by atoms with Crippen molar-refractivity contribution in [3.8, 4) is 0 Å². The first-order chi connectivity index (χ1) is 13.4. The Hall–Kier alpha value is -3.26. The third-order valence-electron chi connectivity index (χ3n) is 4.02. The van der Waals surface area contributed by atoms with Gasteiger partial charge in [0.05, 0.1) is 12.6 Å². The van der Waals surface area contributed by atoms with E-state index in [0.717, 1.165) is 5.56 Å². The number of carbonyl (C=O) groups is 3. The highest BCUT2D eigenvalue weighted by Gasteiger charge is 2.17. The quantitative estimate of drug-likeness (QED) is 0.542. The van der Waals surface area contributed by atoms with Gasteiger partial charge in [-0.2, -0.15) is 0 Å². The number of benzene rings is 1. The van der Waals surface area contributed by atoms with E-state index in [2.05, 4.69) is 20.9 Å². The minimum Gasteiger partial charge on any atom is -0.350 e. The van der Waals surface area contributed by atoms with Crippen molar-refractivity contribution < 1.29 is 14.4 Å². The Labute approximate surface area is 163 Å². The lowest BCUT2D eigenvalue weighted by Crippen LogP contribution is -2.47. The van der Waals surface area contributed by atoms with Crippen molar-refractivity contribution in [2.24, 2.45) is 11.7 Å². The summed E-state index contributed by atoms with van der Waals surface area (Å²) in [5, 5.41) is 8.00. The molecule has 0 unspecified atom stereocenters. The second-order valence-electron chi connectivity index (χ2n) is 6.63. The van der Waals surface area contributed by atoms with Gasteiger partial charge in [0.2, 0.25) is 11.8 Å². The lowest BCUT2D eigenvalue weighted by molar-refractivity contribution is -0.127. The van der Waals surface area contributed by atoms with Crippen molar-refractivity contribution in [1.29, 1.82) is 0 Å². The molecular formula is C20H25N5O3. The number of rotatable bonds is 8. The normalized spacial score (nSPS) is 11.6. The monoisotopic (exact) mass is 383 g/mol. The van der Waals surface area contributed by atoms with Crippen LogP contribution in [0.1, 0.15) is 29.9 Å². The van der Waals surface area contributed by atoms with Crippen LogP contribution in [0.5, 0.6) is 0 Å². The number of nitrogens with zero attached hydrogens (tertiary/aromatic N) is 1. The van der Waals surface area contributed by atoms with Crippen LogP contribution in [0.25, 0.3) is 0 Å². The van der Waals surface area contributed by atoms with Gasteiger partial charge in [-0.3, -0.25) is 19.4 Å². The van der Waals surface area contributed by atoms with E-state index in [1.807, 2.05) is 19.9 Å². The Kier molecular flexibility index (Phi) is 7.65. The molecule has 0 spiro atoms. The van der Waals surface area contributed by atoms with E-state index in [1.54, 1.807) is 42.6 Å². The third kappa shape index (κ3) is 6.48. The smallest absolute Gasteiger partial charge is 0.274 e. The maximum absolute atomic E-state index is 12.1. The molecule has 8 heteroatoms. The van der Waals surface area contributed by atoms with E-state index < -0.39 is 6.04 Å². The summed E-state index contributed by atoms with van der Waals surface area (Å²) in [6.07, 6.45) is 1.55. The highest BCUT2D eigenvalue weighted by Crippen LogP contribution is 2.11. The molecule has 0 fully saturated rings. The second kappa shape index (κ2) is 10.2. The molecule has 2 aromatic rings. The molecule has 28 heavy (non-hydrogen) atoms. The molecular weight excluding hydrogens is 358 g/mol. The molecule has 1 atom stereocenters. The summed E-state index contributed by atoms with van der Waals surface area (Å²) in [7, 11) is 0. The number of hydrogen-bond acceptors (Lipinski definition) is 5. The maximum Gasteiger partial charge on any atom is 0.274 e. The molecule has 1 heterocycles. The zero-order valence-electron chi connectivity index (χ0n) is 15.9. The topological polar surface area (TPSA) is 126 Å². The van der Waals surface area contributed by atoms with Crippen LogP contribution in [0.2, 0.25) is 0 Å². The Balaban J connectivity index is 1.83. The van der Waals surface area contributed by atoms with Crippen molar-refractivity contribution in [3.05, 3.63) is 59.9 Å². The summed E-state index contributed by atoms with van der Waals surface area (Å²) in [5.74, 6) is -1.00. The van der Waals surface area contributed by atoms with Gasteiger partial charge in [0.1, 0.15) is 5.69 Å². The van der Waals surface area contributed by atoms with Gasteiger partial charge in [0.25, 0.3) is 5.91 Å². The van der Waals surface area contributed by atoms with Gasteiger partial charge < -0.3 is 21.7 Å². The minimum atomic E-state index is -0.646. The summed E-state index contributed by atoms with van der Waals surface area (Å²) < 4.78 is 0. The first kappa shape index (κ1) is 21.0. The van der Waals surface area contributed by atoms with E-state index in [0.29, 0.717) is 11.4 Å². The lowest BCUT2D eigenvalue weighted by Gasteiger charge is -2.15. The number of aromatic nitrogens is 1. The average Bonchev–Trinajstić information content (AvgIpc) is 2.70. The zero-order chi connectivity index (χ0) is 20.5. The van der Waals surface area contributed by atoms with Gasteiger partial charge in [0.15, 0.2) is 0 Å². The van der Waals surface area contributed by atoms with Gasteiger partial charge >= 0.3 is 0 Å². The largest absolute Gasteiger partial charge is 0.350 e. The summed E-state index contributed by atoms with van der Waals surface area (Å²) in [4.78, 5) is 39.8. The molecule has 0 aliphatic rings. The van der Waals surface area contributed by atoms with Crippen LogP contribution in [-0.2, 0) is 16.1 Å². The fraction of sp³-hybridized carbons (Fsp3) is 0.300. The summed E-state index contributed by atoms with van der Waals surface area (Å²) in [5.41, 5.74) is 7.44. The molecule has 0 aliphatic carbocycles. The van der Waals surface area contributed by atoms with E-state index in [4.69, 9.17) is 5.73 Å². The van der Waals surface area contributed by atoms with Crippen LogP contribution >= 0.6 is 0 Å². The van der Waals surface area contributed by atoms with Crippen LogP contribution in [0.15, 0.2) is 48.7 Å². The standard InChI is InChI=1S/C20H25N5O3/c1-13(2)18(21)20(28)24-12-17(26)23-11-14-6-5-7-15(10-14)25-19(27)16-8-3-4-9-22-16/h3-10,13,18H,11-12,21H2,1-2H3,(H,23,26)(H,24,28)(H,25,27)/t18-/m0/s1. The van der Waals surface area contributed by atoms with Crippen LogP contribution in [0.3, 0.4) is 0 Å². The van der Waals surface area contributed by atoms with Crippen molar-refractivity contribution in [2.75, 3.05) is 11.9 Å². The molecule has 5 N–H and O–H groups in total. The first-order valence-electron chi connectivity index (χ1n) is 8.98. The SMILES string of the molecule is CC(C)[C@H](N)C(=O)NCC(=O)NCc1cccc(NC(=O)c2ccccn2)c1. The summed E-state index contributed by atoms with van der Waals surface area (Å²) in [6.45, 7) is 3.79.